The van der Waals surface area contributed by atoms with E-state index in [2.05, 4.69) is 26.5 Å². The molecule has 49 heavy (non-hydrogen) atoms. The van der Waals surface area contributed by atoms with Gasteiger partial charge in [0.15, 0.2) is 5.83 Å². The Hall–Kier alpha value is -3.75. The molecule has 11 nitrogen and oxygen atoms in total. The highest BCUT2D eigenvalue weighted by Crippen LogP contribution is 2.44. The summed E-state index contributed by atoms with van der Waals surface area (Å²) in [5.74, 6) is -1.38. The number of carbonyl (C=O) groups excluding carboxylic acids is 1. The first-order chi connectivity index (χ1) is 22.0. The molecule has 1 amide bonds. The number of likely N-dealkylation sites (tertiary alicyclic amines) is 1. The van der Waals surface area contributed by atoms with Crippen molar-refractivity contribution in [2.24, 2.45) is 0 Å². The second-order valence-corrected chi connectivity index (χ2v) is 12.1. The van der Waals surface area contributed by atoms with E-state index in [0.29, 0.717) is 42.0 Å². The van der Waals surface area contributed by atoms with E-state index in [1.54, 1.807) is 4.90 Å². The van der Waals surface area contributed by atoms with E-state index in [1.807, 2.05) is 11.9 Å². The van der Waals surface area contributed by atoms with Crippen molar-refractivity contribution in [2.75, 3.05) is 62.7 Å². The van der Waals surface area contributed by atoms with Crippen molar-refractivity contribution in [3.63, 3.8) is 0 Å². The van der Waals surface area contributed by atoms with Crippen molar-refractivity contribution in [3.05, 3.63) is 58.5 Å². The Morgan fingerprint density at radius 3 is 2.57 bits per heavy atom. The van der Waals surface area contributed by atoms with Crippen LogP contribution in [0.1, 0.15) is 42.7 Å². The number of anilines is 2. The number of fused-ring (bicyclic) bond motifs is 2. The number of hydrogen-bond acceptors (Lipinski definition) is 8. The molecule has 3 aromatic rings. The molecular weight excluding hydrogens is 683 g/mol. The van der Waals surface area contributed by atoms with E-state index in [4.69, 9.17) is 21.3 Å². The molecule has 2 fully saturated rings. The van der Waals surface area contributed by atoms with E-state index < -0.39 is 29.5 Å². The standard InChI is InChI=1S/C31H35F4N9O2.CH4.2H2S/c1-18-12-24-23(14-37-40-24)27(26(18)31(33,34)35)42-9-7-22-25(16-42)38-30(46-17-20-6-5-8-41(20)4)39-28(22)43-10-11-44(29(45)19(2)32)21(15-43)13-36-3;;;/h12,14,20-21H,2,5-11,13,15-17H2,1,4H3,(H,37,40);1H4;2*1H2/t20-,21-;;;/m0.../s1. The first kappa shape index (κ1) is 39.7. The second-order valence-electron chi connectivity index (χ2n) is 12.1. The van der Waals surface area contributed by atoms with Gasteiger partial charge in [0, 0.05) is 43.2 Å². The summed E-state index contributed by atoms with van der Waals surface area (Å²) in [7, 11) is 2.03. The average molecular weight is 726 g/mol. The smallest absolute Gasteiger partial charge is 0.418 e. The van der Waals surface area contributed by atoms with Crippen LogP contribution in [0.2, 0.25) is 0 Å². The van der Waals surface area contributed by atoms with Crippen LogP contribution in [0.15, 0.2) is 24.7 Å². The third kappa shape index (κ3) is 7.86. The number of likely N-dealkylation sites (N-methyl/N-ethyl adjacent to an activating group) is 1. The van der Waals surface area contributed by atoms with Crippen molar-refractivity contribution in [1.82, 2.24) is 30.0 Å². The molecule has 3 aliphatic heterocycles. The SMILES string of the molecule is C.S.S.[C-]#[N+]C[C@H]1CN(c2nc(OC[C@@H]3CCCN3C)nc3c2CCN(c2c(C(F)(F)F)c(C)cc4[nH]ncc24)C3)CCN1C(=O)C(=C)F. The summed E-state index contributed by atoms with van der Waals surface area (Å²) in [5, 5.41) is 7.19. The van der Waals surface area contributed by atoms with Crippen LogP contribution < -0.4 is 14.5 Å². The van der Waals surface area contributed by atoms with Gasteiger partial charge in [-0.1, -0.05) is 14.0 Å². The molecule has 5 heterocycles. The Morgan fingerprint density at radius 1 is 1.16 bits per heavy atom. The monoisotopic (exact) mass is 725 g/mol. The van der Waals surface area contributed by atoms with Crippen LogP contribution in [0.3, 0.4) is 0 Å². The van der Waals surface area contributed by atoms with Gasteiger partial charge in [-0.15, -0.1) is 0 Å². The van der Waals surface area contributed by atoms with Crippen LogP contribution in [-0.4, -0.2) is 101 Å². The lowest BCUT2D eigenvalue weighted by molar-refractivity contribution is -0.137. The van der Waals surface area contributed by atoms with E-state index in [9.17, 15) is 22.4 Å². The number of alkyl halides is 3. The van der Waals surface area contributed by atoms with Gasteiger partial charge in [-0.05, 0) is 51.4 Å². The van der Waals surface area contributed by atoms with Gasteiger partial charge in [0.25, 0.3) is 5.91 Å². The molecule has 0 radical (unpaired) electrons. The Labute approximate surface area is 297 Å². The number of aromatic nitrogens is 4. The van der Waals surface area contributed by atoms with Crippen LogP contribution in [0.4, 0.5) is 29.1 Å². The van der Waals surface area contributed by atoms with Gasteiger partial charge >= 0.3 is 12.2 Å². The van der Waals surface area contributed by atoms with E-state index >= 15 is 0 Å². The molecule has 0 bridgehead atoms. The van der Waals surface area contributed by atoms with Crippen molar-refractivity contribution in [1.29, 1.82) is 0 Å². The van der Waals surface area contributed by atoms with Crippen molar-refractivity contribution in [3.8, 4) is 6.01 Å². The number of piperazine rings is 1. The molecule has 0 spiro atoms. The molecule has 0 unspecified atom stereocenters. The highest BCUT2D eigenvalue weighted by Gasteiger charge is 2.40. The molecule has 2 aromatic heterocycles. The number of hydrogen-bond donors (Lipinski definition) is 1. The number of nitrogens with one attached hydrogen (secondary N) is 1. The summed E-state index contributed by atoms with van der Waals surface area (Å²) in [6.07, 6.45) is -0.826. The maximum atomic E-state index is 14.5. The molecule has 1 aromatic carbocycles. The number of nitrogens with zero attached hydrogens (tertiary/aromatic N) is 8. The summed E-state index contributed by atoms with van der Waals surface area (Å²) >= 11 is 0. The van der Waals surface area contributed by atoms with E-state index in [0.717, 1.165) is 24.9 Å². The fraction of sp³-hybridized carbons (Fsp3) is 0.531. The van der Waals surface area contributed by atoms with Crippen LogP contribution >= 0.6 is 27.0 Å². The van der Waals surface area contributed by atoms with Gasteiger partial charge in [-0.25, -0.2) is 11.0 Å². The minimum atomic E-state index is -4.59. The number of H-pyrrole nitrogens is 1. The summed E-state index contributed by atoms with van der Waals surface area (Å²) in [4.78, 5) is 32.7. The number of ether oxygens (including phenoxy) is 1. The zero-order valence-corrected chi connectivity index (χ0v) is 28.7. The molecule has 17 heteroatoms. The maximum absolute atomic E-state index is 14.5. The van der Waals surface area contributed by atoms with Crippen LogP contribution in [0, 0.1) is 13.5 Å². The van der Waals surface area contributed by atoms with Crippen LogP contribution in [0.5, 0.6) is 6.01 Å². The lowest BCUT2D eigenvalue weighted by atomic mass is 9.98. The molecule has 3 aliphatic rings. The lowest BCUT2D eigenvalue weighted by Crippen LogP contribution is -2.57. The molecule has 2 atom stereocenters. The normalized spacial score (nSPS) is 19.3. The number of carbonyl (C=O) groups is 1. The van der Waals surface area contributed by atoms with Crippen LogP contribution in [-0.2, 0) is 23.9 Å². The Bertz CT molecular complexity index is 1710. The Morgan fingerprint density at radius 2 is 1.92 bits per heavy atom. The van der Waals surface area contributed by atoms with Gasteiger partial charge in [0.05, 0.1) is 35.2 Å². The fourth-order valence-corrected chi connectivity index (χ4v) is 6.89. The molecule has 6 rings (SSSR count). The second kappa shape index (κ2) is 15.9. The number of amides is 1. The Kier molecular flexibility index (Phi) is 12.8. The van der Waals surface area contributed by atoms with Crippen molar-refractivity contribution >= 4 is 55.3 Å². The Balaban J connectivity index is 0.00000217. The minimum Gasteiger partial charge on any atom is -0.462 e. The first-order valence-corrected chi connectivity index (χ1v) is 15.2. The predicted octanol–water partition coefficient (Wildman–Crippen LogP) is 5.00. The van der Waals surface area contributed by atoms with Gasteiger partial charge in [0.2, 0.25) is 6.54 Å². The summed E-state index contributed by atoms with van der Waals surface area (Å²) in [5.41, 5.74) is 1.24. The summed E-state index contributed by atoms with van der Waals surface area (Å²) in [6.45, 7) is 14.3. The number of aryl methyl sites for hydroxylation is 1. The summed E-state index contributed by atoms with van der Waals surface area (Å²) in [6, 6.07) is 1.15. The quantitative estimate of drug-likeness (QED) is 0.207. The fourth-order valence-electron chi connectivity index (χ4n) is 6.89. The van der Waals surface area contributed by atoms with Gasteiger partial charge in [0.1, 0.15) is 18.5 Å². The maximum Gasteiger partial charge on any atom is 0.418 e. The van der Waals surface area contributed by atoms with Gasteiger partial charge in [-0.3, -0.25) is 9.89 Å². The van der Waals surface area contributed by atoms with Crippen LogP contribution in [0.25, 0.3) is 15.7 Å². The molecule has 0 saturated carbocycles. The zero-order valence-electron chi connectivity index (χ0n) is 26.7. The molecule has 2 saturated heterocycles. The van der Waals surface area contributed by atoms with Crippen molar-refractivity contribution in [2.45, 2.75) is 58.4 Å². The third-order valence-corrected chi connectivity index (χ3v) is 9.19. The highest BCUT2D eigenvalue weighted by molar-refractivity contribution is 7.59. The largest absolute Gasteiger partial charge is 0.462 e. The summed E-state index contributed by atoms with van der Waals surface area (Å²) < 4.78 is 63.4. The molecule has 0 aliphatic carbocycles. The molecular formula is C32H43F4N9O2S2. The highest BCUT2D eigenvalue weighted by atomic mass is 32.1. The van der Waals surface area contributed by atoms with Crippen molar-refractivity contribution < 1.29 is 27.1 Å². The third-order valence-electron chi connectivity index (χ3n) is 9.19. The first-order valence-electron chi connectivity index (χ1n) is 15.2. The molecule has 1 N–H and O–H groups in total. The zero-order chi connectivity index (χ0) is 32.7. The van der Waals surface area contributed by atoms with E-state index in [-0.39, 0.29) is 90.4 Å². The number of halogens is 4. The van der Waals surface area contributed by atoms with Gasteiger partial charge < -0.3 is 29.2 Å². The molecule has 268 valence electrons. The lowest BCUT2D eigenvalue weighted by Gasteiger charge is -2.41. The number of aromatic amines is 1. The number of rotatable bonds is 7. The topological polar surface area (TPSA) is 98.1 Å². The van der Waals surface area contributed by atoms with Gasteiger partial charge in [-0.2, -0.15) is 55.2 Å². The number of benzene rings is 1. The van der Waals surface area contributed by atoms with E-state index in [1.165, 1.54) is 24.1 Å². The predicted molar refractivity (Wildman–Crippen MR) is 191 cm³/mol. The average Bonchev–Trinajstić information content (AvgIpc) is 3.66. The minimum absolute atomic E-state index is 0.